The van der Waals surface area contributed by atoms with Crippen molar-refractivity contribution in [3.63, 3.8) is 0 Å². The van der Waals surface area contributed by atoms with E-state index in [2.05, 4.69) is 21.3 Å². The van der Waals surface area contributed by atoms with Gasteiger partial charge >= 0.3 is 6.09 Å². The highest BCUT2D eigenvalue weighted by Gasteiger charge is 2.35. The highest BCUT2D eigenvalue weighted by Crippen LogP contribution is 2.31. The van der Waals surface area contributed by atoms with Crippen LogP contribution in [0.3, 0.4) is 0 Å². The van der Waals surface area contributed by atoms with Crippen LogP contribution in [-0.2, 0) is 35.4 Å². The number of hydrogen-bond donors (Lipinski definition) is 6. The molecule has 0 radical (unpaired) electrons. The van der Waals surface area contributed by atoms with Gasteiger partial charge in [-0.3, -0.25) is 14.4 Å². The molecular formula is C34H56N4O9S. The number of fused-ring (bicyclic) bond motifs is 1. The first-order valence-corrected chi connectivity index (χ1v) is 18.7. The standard InChI is InChI=1S/C34H56N4O9S/c1-19(2)16-25(26(39)17-21(5)30(41)37-29-23-13-11-10-12-22(23)18-27(29)40)36-31(42)24(14-15-48(9,45)46)35-32(43)28(20(3)4)38-33(44)47-34(6,7)8/h10-13,19-21,24-29,39-40H,14-18H2,1-9H3,(H,35,43)(H,36,42)(H,37,41)(H,38,44)/t21-,24?,25+,26+,27-,28+,29?/m1/s1. The topological polar surface area (TPSA) is 200 Å². The zero-order valence-corrected chi connectivity index (χ0v) is 30.5. The number of rotatable bonds is 16. The molecule has 0 aliphatic heterocycles. The SMILES string of the molecule is CC(C)C[C@H](NC(=O)C(CCS(C)(=O)=O)NC(=O)[C@@H](NC(=O)OC(C)(C)C)C(C)C)[C@@H](O)C[C@@H](C)C(=O)NC1c2ccccc2C[C@H]1O. The largest absolute Gasteiger partial charge is 0.444 e. The van der Waals surface area contributed by atoms with Gasteiger partial charge in [0.15, 0.2) is 0 Å². The zero-order chi connectivity index (χ0) is 36.6. The lowest BCUT2D eigenvalue weighted by molar-refractivity contribution is -0.131. The normalized spacial score (nSPS) is 19.4. The smallest absolute Gasteiger partial charge is 0.408 e. The fraction of sp³-hybridized carbons (Fsp3) is 0.706. The van der Waals surface area contributed by atoms with Crippen LogP contribution in [0, 0.1) is 17.8 Å². The number of aliphatic hydroxyl groups excluding tert-OH is 2. The van der Waals surface area contributed by atoms with E-state index in [0.717, 1.165) is 17.4 Å². The van der Waals surface area contributed by atoms with Crippen molar-refractivity contribution in [3.8, 4) is 0 Å². The molecule has 2 rings (SSSR count). The van der Waals surface area contributed by atoms with Crippen molar-refractivity contribution < 1.29 is 42.5 Å². The third-order valence-electron chi connectivity index (χ3n) is 8.09. The Balaban J connectivity index is 2.18. The van der Waals surface area contributed by atoms with Crippen LogP contribution in [-0.4, -0.2) is 90.4 Å². The Morgan fingerprint density at radius 3 is 2.12 bits per heavy atom. The molecule has 1 aromatic carbocycles. The second-order valence-electron chi connectivity index (χ2n) is 14.8. The van der Waals surface area contributed by atoms with E-state index in [9.17, 15) is 37.8 Å². The monoisotopic (exact) mass is 696 g/mol. The van der Waals surface area contributed by atoms with Crippen molar-refractivity contribution in [1.82, 2.24) is 21.3 Å². The first-order chi connectivity index (χ1) is 22.1. The van der Waals surface area contributed by atoms with Crippen LogP contribution in [0.4, 0.5) is 4.79 Å². The average molecular weight is 697 g/mol. The van der Waals surface area contributed by atoms with Crippen molar-refractivity contribution in [2.45, 2.75) is 123 Å². The van der Waals surface area contributed by atoms with Gasteiger partial charge in [-0.25, -0.2) is 13.2 Å². The molecule has 0 bridgehead atoms. The molecule has 1 aliphatic rings. The zero-order valence-electron chi connectivity index (χ0n) is 29.7. The molecule has 0 aromatic heterocycles. The lowest BCUT2D eigenvalue weighted by Crippen LogP contribution is -2.58. The summed E-state index contributed by atoms with van der Waals surface area (Å²) in [6.07, 6.45) is -1.24. The fourth-order valence-electron chi connectivity index (χ4n) is 5.61. The van der Waals surface area contributed by atoms with Crippen molar-refractivity contribution in [1.29, 1.82) is 0 Å². The molecule has 14 heteroatoms. The van der Waals surface area contributed by atoms with E-state index in [1.165, 1.54) is 0 Å². The maximum Gasteiger partial charge on any atom is 0.408 e. The number of carbonyl (C=O) groups is 4. The maximum atomic E-state index is 13.6. The third-order valence-corrected chi connectivity index (χ3v) is 9.07. The number of sulfone groups is 1. The van der Waals surface area contributed by atoms with Gasteiger partial charge in [-0.05, 0) is 63.0 Å². The summed E-state index contributed by atoms with van der Waals surface area (Å²) < 4.78 is 29.3. The van der Waals surface area contributed by atoms with E-state index in [1.807, 2.05) is 38.1 Å². The van der Waals surface area contributed by atoms with Crippen molar-refractivity contribution in [3.05, 3.63) is 35.4 Å². The van der Waals surface area contributed by atoms with Gasteiger partial charge in [-0.2, -0.15) is 0 Å². The van der Waals surface area contributed by atoms with Gasteiger partial charge in [-0.15, -0.1) is 0 Å². The average Bonchev–Trinajstić information content (AvgIpc) is 3.25. The fourth-order valence-corrected chi connectivity index (χ4v) is 6.28. The maximum absolute atomic E-state index is 13.6. The summed E-state index contributed by atoms with van der Waals surface area (Å²) in [4.78, 5) is 52.6. The molecule has 4 amide bonds. The molecule has 1 aliphatic carbocycles. The third kappa shape index (κ3) is 13.3. The summed E-state index contributed by atoms with van der Waals surface area (Å²) in [5.41, 5.74) is 0.993. The number of ether oxygens (including phenoxy) is 1. The predicted molar refractivity (Wildman–Crippen MR) is 182 cm³/mol. The van der Waals surface area contributed by atoms with Gasteiger partial charge < -0.3 is 36.2 Å². The number of aliphatic hydroxyl groups is 2. The van der Waals surface area contributed by atoms with Crippen LogP contribution in [0.1, 0.15) is 91.8 Å². The van der Waals surface area contributed by atoms with E-state index >= 15 is 0 Å². The second kappa shape index (κ2) is 17.4. The summed E-state index contributed by atoms with van der Waals surface area (Å²) in [6, 6.07) is 3.69. The quantitative estimate of drug-likeness (QED) is 0.150. The summed E-state index contributed by atoms with van der Waals surface area (Å²) in [5, 5.41) is 32.6. The lowest BCUT2D eigenvalue weighted by Gasteiger charge is -2.31. The number of nitrogens with one attached hydrogen (secondary N) is 4. The van der Waals surface area contributed by atoms with Crippen LogP contribution in [0.2, 0.25) is 0 Å². The summed E-state index contributed by atoms with van der Waals surface area (Å²) in [6.45, 7) is 13.9. The minimum atomic E-state index is -3.52. The Labute approximate surface area is 285 Å². The van der Waals surface area contributed by atoms with Crippen LogP contribution in [0.25, 0.3) is 0 Å². The van der Waals surface area contributed by atoms with E-state index < -0.39 is 87.3 Å². The number of alkyl carbamates (subject to hydrolysis) is 1. The van der Waals surface area contributed by atoms with Gasteiger partial charge in [0.25, 0.3) is 0 Å². The second-order valence-corrected chi connectivity index (χ2v) is 17.0. The first-order valence-electron chi connectivity index (χ1n) is 16.6. The predicted octanol–water partition coefficient (Wildman–Crippen LogP) is 2.15. The Bertz CT molecular complexity index is 1380. The van der Waals surface area contributed by atoms with E-state index in [0.29, 0.717) is 12.8 Å². The molecule has 0 heterocycles. The molecule has 0 spiro atoms. The highest BCUT2D eigenvalue weighted by molar-refractivity contribution is 7.90. The molecule has 6 N–H and O–H groups in total. The van der Waals surface area contributed by atoms with Crippen LogP contribution in [0.15, 0.2) is 24.3 Å². The van der Waals surface area contributed by atoms with Crippen LogP contribution < -0.4 is 21.3 Å². The molecule has 2 unspecified atom stereocenters. The lowest BCUT2D eigenvalue weighted by atomic mass is 9.92. The minimum Gasteiger partial charge on any atom is -0.444 e. The van der Waals surface area contributed by atoms with E-state index in [-0.39, 0.29) is 24.7 Å². The van der Waals surface area contributed by atoms with Crippen molar-refractivity contribution in [2.75, 3.05) is 12.0 Å². The van der Waals surface area contributed by atoms with Gasteiger partial charge in [0.2, 0.25) is 17.7 Å². The van der Waals surface area contributed by atoms with Crippen LogP contribution >= 0.6 is 0 Å². The molecule has 0 saturated heterocycles. The number of benzene rings is 1. The number of hydrogen-bond acceptors (Lipinski definition) is 9. The number of carbonyl (C=O) groups excluding carboxylic acids is 4. The van der Waals surface area contributed by atoms with Gasteiger partial charge in [-0.1, -0.05) is 58.9 Å². The molecule has 272 valence electrons. The number of amides is 4. The highest BCUT2D eigenvalue weighted by atomic mass is 32.2. The van der Waals surface area contributed by atoms with Crippen LogP contribution in [0.5, 0.6) is 0 Å². The van der Waals surface area contributed by atoms with E-state index in [4.69, 9.17) is 4.74 Å². The van der Waals surface area contributed by atoms with Crippen molar-refractivity contribution in [2.24, 2.45) is 17.8 Å². The first kappa shape index (κ1) is 40.9. The Morgan fingerprint density at radius 2 is 1.56 bits per heavy atom. The van der Waals surface area contributed by atoms with Crippen molar-refractivity contribution >= 4 is 33.7 Å². The Kier molecular flexibility index (Phi) is 14.9. The molecule has 7 atom stereocenters. The molecule has 0 saturated carbocycles. The Morgan fingerprint density at radius 1 is 0.938 bits per heavy atom. The summed E-state index contributed by atoms with van der Waals surface area (Å²) in [7, 11) is -3.52. The Hall–Kier alpha value is -3.23. The minimum absolute atomic E-state index is 0.0104. The molecule has 13 nitrogen and oxygen atoms in total. The summed E-state index contributed by atoms with van der Waals surface area (Å²) >= 11 is 0. The van der Waals surface area contributed by atoms with Gasteiger partial charge in [0.1, 0.15) is 27.5 Å². The summed E-state index contributed by atoms with van der Waals surface area (Å²) in [5.74, 6) is -3.24. The molecular weight excluding hydrogens is 640 g/mol. The molecule has 48 heavy (non-hydrogen) atoms. The van der Waals surface area contributed by atoms with Gasteiger partial charge in [0.05, 0.1) is 30.0 Å². The molecule has 1 aromatic rings. The van der Waals surface area contributed by atoms with Gasteiger partial charge in [0, 0.05) is 18.6 Å². The molecule has 0 fully saturated rings. The van der Waals surface area contributed by atoms with E-state index in [1.54, 1.807) is 41.5 Å².